The lowest BCUT2D eigenvalue weighted by Gasteiger charge is -2.30. The number of hydrogen-bond acceptors (Lipinski definition) is 3. The molecule has 1 fully saturated rings. The molecule has 4 nitrogen and oxygen atoms in total. The van der Waals surface area contributed by atoms with E-state index in [1.54, 1.807) is 16.7 Å². The molecule has 1 aliphatic rings. The first-order valence-corrected chi connectivity index (χ1v) is 12.7. The average molecular weight is 504 g/mol. The molecule has 31 heavy (non-hydrogen) atoms. The van der Waals surface area contributed by atoms with Crippen molar-refractivity contribution in [3.8, 4) is 0 Å². The topological polar surface area (TPSA) is 49.4 Å². The molecule has 0 aromatic heterocycles. The molecule has 0 heterocycles. The van der Waals surface area contributed by atoms with E-state index in [4.69, 9.17) is 0 Å². The molecule has 0 unspecified atom stereocenters. The van der Waals surface area contributed by atoms with Gasteiger partial charge in [-0.05, 0) is 56.5 Å². The number of benzene rings is 2. The van der Waals surface area contributed by atoms with Gasteiger partial charge >= 0.3 is 0 Å². The number of hydrogen-bond donors (Lipinski definition) is 1. The van der Waals surface area contributed by atoms with Crippen molar-refractivity contribution in [2.45, 2.75) is 69.5 Å². The first kappa shape index (κ1) is 23.9. The van der Waals surface area contributed by atoms with Crippen LogP contribution in [0, 0.1) is 6.92 Å². The number of nitrogens with one attached hydrogen (secondary N) is 1. The normalized spacial score (nSPS) is 14.9. The van der Waals surface area contributed by atoms with E-state index in [0.717, 1.165) is 40.6 Å². The highest BCUT2D eigenvalue weighted by Crippen LogP contribution is 2.22. The molecule has 1 saturated carbocycles. The van der Waals surface area contributed by atoms with Gasteiger partial charge in [0, 0.05) is 34.1 Å². The second-order valence-electron chi connectivity index (χ2n) is 8.23. The molecule has 0 saturated heterocycles. The largest absolute Gasteiger partial charge is 0.352 e. The average Bonchev–Trinajstić information content (AvgIpc) is 3.27. The van der Waals surface area contributed by atoms with Crippen LogP contribution in [0.15, 0.2) is 57.9 Å². The first-order chi connectivity index (χ1) is 14.9. The first-order valence-electron chi connectivity index (χ1n) is 11.0. The van der Waals surface area contributed by atoms with Gasteiger partial charge in [0.05, 0.1) is 0 Å². The Morgan fingerprint density at radius 2 is 1.74 bits per heavy atom. The summed E-state index contributed by atoms with van der Waals surface area (Å²) < 4.78 is 0.996. The van der Waals surface area contributed by atoms with E-state index < -0.39 is 6.04 Å². The molecule has 2 aromatic rings. The van der Waals surface area contributed by atoms with Crippen LogP contribution in [0.2, 0.25) is 0 Å². The summed E-state index contributed by atoms with van der Waals surface area (Å²) >= 11 is 5.13. The zero-order valence-electron chi connectivity index (χ0n) is 18.3. The second kappa shape index (κ2) is 11.7. The molecule has 2 amide bonds. The Kier molecular flexibility index (Phi) is 9.02. The summed E-state index contributed by atoms with van der Waals surface area (Å²) in [6, 6.07) is 16.0. The molecule has 0 aliphatic heterocycles. The molecular formula is C25H31BrN2O2S. The van der Waals surface area contributed by atoms with Gasteiger partial charge in [-0.25, -0.2) is 0 Å². The summed E-state index contributed by atoms with van der Waals surface area (Å²) in [5.41, 5.74) is 2.24. The standard InChI is InChI=1S/C25H31BrN2O2S/c1-18-7-13-23(14-8-18)31-16-15-24(29)28(17-20-9-11-21(26)12-10-20)19(2)25(30)27-22-5-3-4-6-22/h7-14,19,22H,3-6,15-17H2,1-2H3,(H,27,30)/t19-/m1/s1. The summed E-state index contributed by atoms with van der Waals surface area (Å²) in [4.78, 5) is 28.9. The van der Waals surface area contributed by atoms with Crippen LogP contribution in [0.3, 0.4) is 0 Å². The van der Waals surface area contributed by atoms with Gasteiger partial charge in [0.25, 0.3) is 0 Å². The van der Waals surface area contributed by atoms with Crippen LogP contribution in [-0.2, 0) is 16.1 Å². The number of aryl methyl sites for hydroxylation is 1. The van der Waals surface area contributed by atoms with Crippen molar-refractivity contribution in [1.29, 1.82) is 0 Å². The molecule has 1 N–H and O–H groups in total. The van der Waals surface area contributed by atoms with E-state index in [-0.39, 0.29) is 17.9 Å². The monoisotopic (exact) mass is 502 g/mol. The van der Waals surface area contributed by atoms with Crippen LogP contribution >= 0.6 is 27.7 Å². The fourth-order valence-corrected chi connectivity index (χ4v) is 4.90. The van der Waals surface area contributed by atoms with Crippen molar-refractivity contribution in [1.82, 2.24) is 10.2 Å². The maximum atomic E-state index is 13.2. The van der Waals surface area contributed by atoms with Gasteiger partial charge in [-0.1, -0.05) is 58.6 Å². The molecule has 1 atom stereocenters. The zero-order valence-corrected chi connectivity index (χ0v) is 20.7. The Morgan fingerprint density at radius 3 is 2.39 bits per heavy atom. The number of carbonyl (C=O) groups excluding carboxylic acids is 2. The van der Waals surface area contributed by atoms with E-state index in [2.05, 4.69) is 52.4 Å². The fraction of sp³-hybridized carbons (Fsp3) is 0.440. The number of carbonyl (C=O) groups is 2. The molecule has 6 heteroatoms. The van der Waals surface area contributed by atoms with Gasteiger partial charge in [-0.3, -0.25) is 9.59 Å². The van der Waals surface area contributed by atoms with Gasteiger partial charge in [-0.15, -0.1) is 11.8 Å². The van der Waals surface area contributed by atoms with Gasteiger partial charge < -0.3 is 10.2 Å². The smallest absolute Gasteiger partial charge is 0.242 e. The third kappa shape index (κ3) is 7.39. The number of halogens is 1. The van der Waals surface area contributed by atoms with Gasteiger partial charge in [0.2, 0.25) is 11.8 Å². The van der Waals surface area contributed by atoms with Crippen LogP contribution in [0.25, 0.3) is 0 Å². The lowest BCUT2D eigenvalue weighted by Crippen LogP contribution is -2.49. The third-order valence-corrected chi connectivity index (χ3v) is 7.28. The van der Waals surface area contributed by atoms with E-state index in [1.165, 1.54) is 5.56 Å². The summed E-state index contributed by atoms with van der Waals surface area (Å²) in [5.74, 6) is 0.649. The predicted molar refractivity (Wildman–Crippen MR) is 131 cm³/mol. The number of nitrogens with zero attached hydrogens (tertiary/aromatic N) is 1. The minimum absolute atomic E-state index is 0.0107. The fourth-order valence-electron chi connectivity index (χ4n) is 3.80. The maximum absolute atomic E-state index is 13.2. The third-order valence-electron chi connectivity index (χ3n) is 5.74. The quantitative estimate of drug-likeness (QED) is 0.446. The van der Waals surface area contributed by atoms with E-state index in [9.17, 15) is 9.59 Å². The maximum Gasteiger partial charge on any atom is 0.242 e. The molecule has 0 radical (unpaired) electrons. The molecule has 2 aromatic carbocycles. The van der Waals surface area contributed by atoms with Gasteiger partial charge in [0.15, 0.2) is 0 Å². The van der Waals surface area contributed by atoms with Crippen LogP contribution < -0.4 is 5.32 Å². The Morgan fingerprint density at radius 1 is 1.10 bits per heavy atom. The number of amides is 2. The Hall–Kier alpha value is -1.79. The van der Waals surface area contributed by atoms with Gasteiger partial charge in [0.1, 0.15) is 6.04 Å². The van der Waals surface area contributed by atoms with E-state index in [1.807, 2.05) is 31.2 Å². The lowest BCUT2D eigenvalue weighted by atomic mass is 10.1. The van der Waals surface area contributed by atoms with Crippen LogP contribution in [0.4, 0.5) is 0 Å². The molecule has 0 spiro atoms. The summed E-state index contributed by atoms with van der Waals surface area (Å²) in [6.07, 6.45) is 4.79. The predicted octanol–water partition coefficient (Wildman–Crippen LogP) is 5.72. The highest BCUT2D eigenvalue weighted by atomic mass is 79.9. The Balaban J connectivity index is 1.64. The second-order valence-corrected chi connectivity index (χ2v) is 10.3. The lowest BCUT2D eigenvalue weighted by molar-refractivity contribution is -0.140. The highest BCUT2D eigenvalue weighted by Gasteiger charge is 2.28. The van der Waals surface area contributed by atoms with Crippen molar-refractivity contribution in [3.63, 3.8) is 0 Å². The highest BCUT2D eigenvalue weighted by molar-refractivity contribution is 9.10. The van der Waals surface area contributed by atoms with Gasteiger partial charge in [-0.2, -0.15) is 0 Å². The van der Waals surface area contributed by atoms with Crippen LogP contribution in [0.1, 0.15) is 50.2 Å². The molecule has 1 aliphatic carbocycles. The van der Waals surface area contributed by atoms with E-state index >= 15 is 0 Å². The summed E-state index contributed by atoms with van der Waals surface area (Å²) in [6.45, 7) is 4.34. The number of rotatable bonds is 9. The molecule has 3 rings (SSSR count). The summed E-state index contributed by atoms with van der Waals surface area (Å²) in [7, 11) is 0. The summed E-state index contributed by atoms with van der Waals surface area (Å²) in [5, 5.41) is 3.15. The van der Waals surface area contributed by atoms with Crippen molar-refractivity contribution in [2.75, 3.05) is 5.75 Å². The Bertz CT molecular complexity index is 864. The molecule has 166 valence electrons. The number of thioether (sulfide) groups is 1. The van der Waals surface area contributed by atoms with Crippen molar-refractivity contribution >= 4 is 39.5 Å². The molecule has 0 bridgehead atoms. The van der Waals surface area contributed by atoms with Crippen LogP contribution in [0.5, 0.6) is 0 Å². The van der Waals surface area contributed by atoms with Crippen LogP contribution in [-0.4, -0.2) is 34.6 Å². The zero-order chi connectivity index (χ0) is 22.2. The Labute approximate surface area is 198 Å². The minimum atomic E-state index is -0.499. The van der Waals surface area contributed by atoms with E-state index in [0.29, 0.717) is 18.7 Å². The van der Waals surface area contributed by atoms with Crippen molar-refractivity contribution < 1.29 is 9.59 Å². The minimum Gasteiger partial charge on any atom is -0.352 e. The molecular weight excluding hydrogens is 472 g/mol. The van der Waals surface area contributed by atoms with Crippen molar-refractivity contribution in [3.05, 3.63) is 64.1 Å². The van der Waals surface area contributed by atoms with Crippen molar-refractivity contribution in [2.24, 2.45) is 0 Å². The SMILES string of the molecule is Cc1ccc(SCCC(=O)N(Cc2ccc(Br)cc2)[C@H](C)C(=O)NC2CCCC2)cc1.